The van der Waals surface area contributed by atoms with Crippen LogP contribution in [0, 0.1) is 6.92 Å². The van der Waals surface area contributed by atoms with Crippen LogP contribution in [0.2, 0.25) is 0 Å². The van der Waals surface area contributed by atoms with Gasteiger partial charge in [0, 0.05) is 25.5 Å². The zero-order valence-corrected chi connectivity index (χ0v) is 13.4. The van der Waals surface area contributed by atoms with Crippen molar-refractivity contribution in [2.24, 2.45) is 0 Å². The number of rotatable bonds is 5. The number of ether oxygens (including phenoxy) is 1. The Balaban J connectivity index is 1.85. The summed E-state index contributed by atoms with van der Waals surface area (Å²) in [5.74, 6) is 1.72. The summed E-state index contributed by atoms with van der Waals surface area (Å²) < 4.78 is 8.21. The molecule has 0 amide bonds. The SMILES string of the molecule is Cc1cccc2nc(CCCl)n(CCC3CCCCO3)c12. The minimum atomic E-state index is 0.407. The second-order valence-corrected chi connectivity index (χ2v) is 6.22. The summed E-state index contributed by atoms with van der Waals surface area (Å²) >= 11 is 5.95. The van der Waals surface area contributed by atoms with Gasteiger partial charge in [0.2, 0.25) is 0 Å². The first-order valence-corrected chi connectivity index (χ1v) is 8.45. The summed E-state index contributed by atoms with van der Waals surface area (Å²) in [7, 11) is 0. The molecule has 0 aliphatic carbocycles. The minimum Gasteiger partial charge on any atom is -0.378 e. The van der Waals surface area contributed by atoms with Gasteiger partial charge in [-0.3, -0.25) is 0 Å². The molecule has 2 heterocycles. The maximum absolute atomic E-state index is 5.95. The van der Waals surface area contributed by atoms with Crippen LogP contribution in [0.5, 0.6) is 0 Å². The molecule has 0 bridgehead atoms. The van der Waals surface area contributed by atoms with Gasteiger partial charge in [0.05, 0.1) is 17.1 Å². The molecule has 2 aromatic rings. The van der Waals surface area contributed by atoms with Gasteiger partial charge in [-0.2, -0.15) is 0 Å². The lowest BCUT2D eigenvalue weighted by atomic mass is 10.1. The second-order valence-electron chi connectivity index (χ2n) is 5.84. The highest BCUT2D eigenvalue weighted by molar-refractivity contribution is 6.17. The quantitative estimate of drug-likeness (QED) is 0.778. The Hall–Kier alpha value is -1.06. The van der Waals surface area contributed by atoms with Crippen molar-refractivity contribution in [1.82, 2.24) is 9.55 Å². The average Bonchev–Trinajstić information content (AvgIpc) is 2.85. The van der Waals surface area contributed by atoms with Crippen molar-refractivity contribution in [1.29, 1.82) is 0 Å². The standard InChI is InChI=1S/C17H23ClN2O/c1-13-5-4-7-15-17(13)20(16(19-15)8-10-18)11-9-14-6-2-3-12-21-14/h4-5,7,14H,2-3,6,8-12H2,1H3. The number of halogens is 1. The molecule has 1 aromatic heterocycles. The molecule has 114 valence electrons. The van der Waals surface area contributed by atoms with E-state index in [1.165, 1.54) is 30.3 Å². The van der Waals surface area contributed by atoms with Crippen molar-refractivity contribution in [2.75, 3.05) is 12.5 Å². The smallest absolute Gasteiger partial charge is 0.111 e. The van der Waals surface area contributed by atoms with Crippen molar-refractivity contribution in [2.45, 2.75) is 51.7 Å². The van der Waals surface area contributed by atoms with Gasteiger partial charge in [0.1, 0.15) is 5.82 Å². The zero-order valence-electron chi connectivity index (χ0n) is 12.6. The van der Waals surface area contributed by atoms with Crippen molar-refractivity contribution in [3.63, 3.8) is 0 Å². The fourth-order valence-corrected chi connectivity index (χ4v) is 3.41. The number of alkyl halides is 1. The third kappa shape index (κ3) is 3.24. The first-order valence-electron chi connectivity index (χ1n) is 7.92. The number of para-hydroxylation sites is 1. The zero-order chi connectivity index (χ0) is 14.7. The number of hydrogen-bond donors (Lipinski definition) is 0. The number of hydrogen-bond acceptors (Lipinski definition) is 2. The molecule has 0 radical (unpaired) electrons. The lowest BCUT2D eigenvalue weighted by Crippen LogP contribution is -2.21. The van der Waals surface area contributed by atoms with Crippen LogP contribution in [0.25, 0.3) is 11.0 Å². The maximum Gasteiger partial charge on any atom is 0.111 e. The highest BCUT2D eigenvalue weighted by Gasteiger charge is 2.17. The summed E-state index contributed by atoms with van der Waals surface area (Å²) in [4.78, 5) is 4.76. The summed E-state index contributed by atoms with van der Waals surface area (Å²) in [6, 6.07) is 6.32. The lowest BCUT2D eigenvalue weighted by Gasteiger charge is -2.23. The average molecular weight is 307 g/mol. The van der Waals surface area contributed by atoms with Gasteiger partial charge in [-0.05, 0) is 44.2 Å². The third-order valence-electron chi connectivity index (χ3n) is 4.31. The molecule has 1 fully saturated rings. The summed E-state index contributed by atoms with van der Waals surface area (Å²) in [6.07, 6.45) is 5.99. The highest BCUT2D eigenvalue weighted by Crippen LogP contribution is 2.23. The molecule has 3 rings (SSSR count). The van der Waals surface area contributed by atoms with Crippen LogP contribution in [-0.2, 0) is 17.7 Å². The van der Waals surface area contributed by atoms with Crippen LogP contribution >= 0.6 is 11.6 Å². The molecule has 1 atom stereocenters. The Morgan fingerprint density at radius 1 is 1.38 bits per heavy atom. The molecule has 0 spiro atoms. The van der Waals surface area contributed by atoms with E-state index < -0.39 is 0 Å². The second kappa shape index (κ2) is 6.80. The van der Waals surface area contributed by atoms with Crippen LogP contribution < -0.4 is 0 Å². The minimum absolute atomic E-state index is 0.407. The van der Waals surface area contributed by atoms with E-state index in [2.05, 4.69) is 29.7 Å². The molecule has 1 aliphatic heterocycles. The number of aryl methyl sites for hydroxylation is 3. The van der Waals surface area contributed by atoms with Gasteiger partial charge >= 0.3 is 0 Å². The van der Waals surface area contributed by atoms with E-state index >= 15 is 0 Å². The van der Waals surface area contributed by atoms with E-state index in [-0.39, 0.29) is 0 Å². The van der Waals surface area contributed by atoms with Crippen molar-refractivity contribution in [3.8, 4) is 0 Å². The van der Waals surface area contributed by atoms with E-state index in [4.69, 9.17) is 21.3 Å². The Morgan fingerprint density at radius 3 is 3.05 bits per heavy atom. The Labute approximate surface area is 131 Å². The fourth-order valence-electron chi connectivity index (χ4n) is 3.24. The molecular weight excluding hydrogens is 284 g/mol. The first kappa shape index (κ1) is 14.9. The first-order chi connectivity index (χ1) is 10.3. The largest absolute Gasteiger partial charge is 0.378 e. The van der Waals surface area contributed by atoms with E-state index in [0.717, 1.165) is 37.3 Å². The van der Waals surface area contributed by atoms with E-state index in [1.54, 1.807) is 0 Å². The molecule has 4 heteroatoms. The molecule has 0 saturated carbocycles. The molecule has 1 unspecified atom stereocenters. The van der Waals surface area contributed by atoms with Gasteiger partial charge in [-0.25, -0.2) is 4.98 Å². The predicted molar refractivity (Wildman–Crippen MR) is 87.1 cm³/mol. The molecule has 3 nitrogen and oxygen atoms in total. The number of fused-ring (bicyclic) bond motifs is 1. The summed E-state index contributed by atoms with van der Waals surface area (Å²) in [5, 5.41) is 0. The van der Waals surface area contributed by atoms with Crippen LogP contribution in [0.15, 0.2) is 18.2 Å². The lowest BCUT2D eigenvalue weighted by molar-refractivity contribution is 0.00887. The van der Waals surface area contributed by atoms with Crippen LogP contribution in [0.4, 0.5) is 0 Å². The normalized spacial score (nSPS) is 19.2. The van der Waals surface area contributed by atoms with Crippen molar-refractivity contribution < 1.29 is 4.74 Å². The fraction of sp³-hybridized carbons (Fsp3) is 0.588. The molecular formula is C17H23ClN2O. The molecule has 1 aromatic carbocycles. The summed E-state index contributed by atoms with van der Waals surface area (Å²) in [5.41, 5.74) is 3.62. The number of benzene rings is 1. The molecule has 1 aliphatic rings. The van der Waals surface area contributed by atoms with Crippen LogP contribution in [-0.4, -0.2) is 28.1 Å². The van der Waals surface area contributed by atoms with Gasteiger partial charge in [0.15, 0.2) is 0 Å². The Morgan fingerprint density at radius 2 is 2.29 bits per heavy atom. The van der Waals surface area contributed by atoms with Crippen LogP contribution in [0.3, 0.4) is 0 Å². The van der Waals surface area contributed by atoms with Crippen molar-refractivity contribution in [3.05, 3.63) is 29.6 Å². The summed E-state index contributed by atoms with van der Waals surface area (Å²) in [6.45, 7) is 4.04. The Kier molecular flexibility index (Phi) is 4.81. The van der Waals surface area contributed by atoms with Gasteiger partial charge in [0.25, 0.3) is 0 Å². The number of nitrogens with zero attached hydrogens (tertiary/aromatic N) is 2. The van der Waals surface area contributed by atoms with Gasteiger partial charge in [-0.1, -0.05) is 12.1 Å². The molecule has 1 saturated heterocycles. The Bertz CT molecular complexity index is 602. The van der Waals surface area contributed by atoms with Gasteiger partial charge in [-0.15, -0.1) is 11.6 Å². The molecule has 0 N–H and O–H groups in total. The van der Waals surface area contributed by atoms with Gasteiger partial charge < -0.3 is 9.30 Å². The molecule has 21 heavy (non-hydrogen) atoms. The topological polar surface area (TPSA) is 27.1 Å². The highest BCUT2D eigenvalue weighted by atomic mass is 35.5. The third-order valence-corrected chi connectivity index (χ3v) is 4.50. The van der Waals surface area contributed by atoms with E-state index in [9.17, 15) is 0 Å². The maximum atomic E-state index is 5.95. The number of aromatic nitrogens is 2. The van der Waals surface area contributed by atoms with Crippen LogP contribution in [0.1, 0.15) is 37.1 Å². The number of imidazole rings is 1. The van der Waals surface area contributed by atoms with E-state index in [1.807, 2.05) is 0 Å². The predicted octanol–water partition coefficient (Wildman–Crippen LogP) is 4.09. The van der Waals surface area contributed by atoms with Crippen molar-refractivity contribution >= 4 is 22.6 Å². The monoisotopic (exact) mass is 306 g/mol. The van der Waals surface area contributed by atoms with E-state index in [0.29, 0.717) is 12.0 Å².